The van der Waals surface area contributed by atoms with Crippen molar-refractivity contribution in [3.8, 4) is 0 Å². The van der Waals surface area contributed by atoms with Gasteiger partial charge in [-0.2, -0.15) is 0 Å². The van der Waals surface area contributed by atoms with Crippen molar-refractivity contribution in [1.82, 2.24) is 0 Å². The van der Waals surface area contributed by atoms with E-state index in [1.807, 2.05) is 0 Å². The zero-order valence-corrected chi connectivity index (χ0v) is 12.9. The third-order valence-electron chi connectivity index (χ3n) is 0. The Morgan fingerprint density at radius 1 is 0.538 bits per heavy atom. The molecule has 13 heavy (non-hydrogen) atoms. The monoisotopic (exact) mass is 295 g/mol. The summed E-state index contributed by atoms with van der Waals surface area (Å²) in [4.78, 5) is 0. The first-order valence-corrected chi connectivity index (χ1v) is 4.24. The van der Waals surface area contributed by atoms with Crippen LogP contribution in [0, 0.1) is 0 Å². The molecule has 81 valence electrons. The van der Waals surface area contributed by atoms with Crippen molar-refractivity contribution in [2.24, 2.45) is 0 Å². The van der Waals surface area contributed by atoms with E-state index < -0.39 is 0 Å². The fourth-order valence-electron chi connectivity index (χ4n) is 0. The van der Waals surface area contributed by atoms with E-state index >= 15 is 0 Å². The van der Waals surface area contributed by atoms with E-state index in [9.17, 15) is 0 Å². The van der Waals surface area contributed by atoms with Crippen molar-refractivity contribution >= 4 is 25.8 Å². The molecule has 0 aliphatic rings. The second kappa shape index (κ2) is 18.5. The Labute approximate surface area is 101 Å². The molecule has 0 fully saturated rings. The molecular formula is C9H24InO3. The van der Waals surface area contributed by atoms with Gasteiger partial charge in [0.15, 0.2) is 0 Å². The zero-order valence-electron chi connectivity index (χ0n) is 9.65. The number of hydrogen-bond donors (Lipinski definition) is 3. The summed E-state index contributed by atoms with van der Waals surface area (Å²) in [7, 11) is 0. The Bertz CT molecular complexity index is 43.4. The van der Waals surface area contributed by atoms with Gasteiger partial charge >= 0.3 is 0 Å². The minimum atomic E-state index is -0.167. The molecule has 0 rings (SSSR count). The van der Waals surface area contributed by atoms with Gasteiger partial charge in [-0.1, -0.05) is 0 Å². The largest absolute Gasteiger partial charge is 0.394 e. The standard InChI is InChI=1S/3C3H8O.In/c3*1-3(2)4;/h3*3-4H,1-2H3;. The summed E-state index contributed by atoms with van der Waals surface area (Å²) in [6.07, 6.45) is -0.500. The molecule has 0 aromatic heterocycles. The SMILES string of the molecule is CC(C)O.CC(C)O.CC(C)O.[In]. The predicted octanol–water partition coefficient (Wildman–Crippen LogP) is 0.780. The van der Waals surface area contributed by atoms with Gasteiger partial charge < -0.3 is 15.3 Å². The number of hydrogen-bond acceptors (Lipinski definition) is 3. The van der Waals surface area contributed by atoms with E-state index in [2.05, 4.69) is 0 Å². The van der Waals surface area contributed by atoms with Crippen LogP contribution in [0.5, 0.6) is 0 Å². The molecule has 3 radical (unpaired) electrons. The van der Waals surface area contributed by atoms with Crippen LogP contribution in [0.3, 0.4) is 0 Å². The van der Waals surface area contributed by atoms with E-state index in [1.165, 1.54) is 0 Å². The molecule has 0 bridgehead atoms. The second-order valence-electron chi connectivity index (χ2n) is 3.28. The van der Waals surface area contributed by atoms with Gasteiger partial charge in [-0.25, -0.2) is 0 Å². The summed E-state index contributed by atoms with van der Waals surface area (Å²) >= 11 is 0. The van der Waals surface area contributed by atoms with Crippen LogP contribution < -0.4 is 0 Å². The summed E-state index contributed by atoms with van der Waals surface area (Å²) in [5, 5.41) is 24.2. The summed E-state index contributed by atoms with van der Waals surface area (Å²) in [5.41, 5.74) is 0. The Balaban J connectivity index is -0.0000000450. The second-order valence-corrected chi connectivity index (χ2v) is 3.28. The molecule has 4 heteroatoms. The van der Waals surface area contributed by atoms with Crippen LogP contribution in [-0.4, -0.2) is 59.5 Å². The molecule has 0 aliphatic heterocycles. The molecule has 0 aromatic rings. The molecule has 0 amide bonds. The molecule has 0 saturated heterocycles. The molecule has 0 spiro atoms. The van der Waals surface area contributed by atoms with Gasteiger partial charge in [0.1, 0.15) is 0 Å². The first-order chi connectivity index (χ1) is 5.20. The molecule has 0 unspecified atom stereocenters. The third-order valence-corrected chi connectivity index (χ3v) is 0. The fourth-order valence-corrected chi connectivity index (χ4v) is 0. The normalized spacial score (nSPS) is 8.31. The number of aliphatic hydroxyl groups is 3. The molecule has 0 aromatic carbocycles. The van der Waals surface area contributed by atoms with E-state index in [0.717, 1.165) is 0 Å². The molecule has 0 heterocycles. The van der Waals surface area contributed by atoms with Gasteiger partial charge in [-0.05, 0) is 41.5 Å². The maximum Gasteiger partial charge on any atom is 0.0483 e. The smallest absolute Gasteiger partial charge is 0.0483 e. The van der Waals surface area contributed by atoms with Crippen molar-refractivity contribution in [3.63, 3.8) is 0 Å². The zero-order chi connectivity index (χ0) is 10.7. The number of aliphatic hydroxyl groups excluding tert-OH is 3. The van der Waals surface area contributed by atoms with Crippen LogP contribution in [0.25, 0.3) is 0 Å². The minimum Gasteiger partial charge on any atom is -0.394 e. The number of rotatable bonds is 0. The van der Waals surface area contributed by atoms with Crippen LogP contribution in [0.1, 0.15) is 41.5 Å². The Morgan fingerprint density at radius 3 is 0.538 bits per heavy atom. The van der Waals surface area contributed by atoms with Gasteiger partial charge in [0.25, 0.3) is 0 Å². The Morgan fingerprint density at radius 2 is 0.538 bits per heavy atom. The van der Waals surface area contributed by atoms with Crippen LogP contribution in [-0.2, 0) is 0 Å². The van der Waals surface area contributed by atoms with Gasteiger partial charge in [0.2, 0.25) is 0 Å². The van der Waals surface area contributed by atoms with E-state index in [-0.39, 0.29) is 44.2 Å². The van der Waals surface area contributed by atoms with Gasteiger partial charge in [-0.3, -0.25) is 0 Å². The maximum absolute atomic E-state index is 8.06. The summed E-state index contributed by atoms with van der Waals surface area (Å²) in [5.74, 6) is 0. The van der Waals surface area contributed by atoms with Crippen molar-refractivity contribution in [2.75, 3.05) is 0 Å². The van der Waals surface area contributed by atoms with E-state index in [0.29, 0.717) is 0 Å². The maximum atomic E-state index is 8.06. The van der Waals surface area contributed by atoms with Crippen LogP contribution in [0.15, 0.2) is 0 Å². The minimum absolute atomic E-state index is 0. The average molecular weight is 295 g/mol. The summed E-state index contributed by atoms with van der Waals surface area (Å²) in [6.45, 7) is 10.3. The first kappa shape index (κ1) is 23.5. The summed E-state index contributed by atoms with van der Waals surface area (Å²) in [6, 6.07) is 0. The average Bonchev–Trinajstić information content (AvgIpc) is 1.54. The van der Waals surface area contributed by atoms with Crippen LogP contribution in [0.4, 0.5) is 0 Å². The van der Waals surface area contributed by atoms with Crippen molar-refractivity contribution < 1.29 is 15.3 Å². The Hall–Kier alpha value is 0.750. The molecular weight excluding hydrogens is 271 g/mol. The first-order valence-electron chi connectivity index (χ1n) is 4.24. The van der Waals surface area contributed by atoms with Crippen LogP contribution in [0.2, 0.25) is 0 Å². The molecule has 3 N–H and O–H groups in total. The van der Waals surface area contributed by atoms with Crippen molar-refractivity contribution in [1.29, 1.82) is 0 Å². The Kier molecular flexibility index (Phi) is 33.5. The molecule has 3 nitrogen and oxygen atoms in total. The molecule has 0 saturated carbocycles. The topological polar surface area (TPSA) is 60.7 Å². The predicted molar refractivity (Wildman–Crippen MR) is 57.8 cm³/mol. The van der Waals surface area contributed by atoms with Crippen molar-refractivity contribution in [3.05, 3.63) is 0 Å². The molecule has 0 aliphatic carbocycles. The van der Waals surface area contributed by atoms with Gasteiger partial charge in [-0.15, -0.1) is 0 Å². The van der Waals surface area contributed by atoms with Gasteiger partial charge in [0.05, 0.1) is 0 Å². The van der Waals surface area contributed by atoms with Crippen molar-refractivity contribution in [2.45, 2.75) is 59.9 Å². The third kappa shape index (κ3) is 2620. The fraction of sp³-hybridized carbons (Fsp3) is 1.00. The van der Waals surface area contributed by atoms with E-state index in [1.54, 1.807) is 41.5 Å². The summed E-state index contributed by atoms with van der Waals surface area (Å²) < 4.78 is 0. The van der Waals surface area contributed by atoms with Crippen LogP contribution >= 0.6 is 0 Å². The quantitative estimate of drug-likeness (QED) is 0.619. The van der Waals surface area contributed by atoms with Gasteiger partial charge in [0, 0.05) is 44.2 Å². The molecule has 0 atom stereocenters. The van der Waals surface area contributed by atoms with E-state index in [4.69, 9.17) is 15.3 Å².